The molecule has 3 aliphatic rings. The van der Waals surface area contributed by atoms with Crippen LogP contribution in [0.4, 0.5) is 11.4 Å². The third-order valence-electron chi connectivity index (χ3n) is 20.0. The van der Waals surface area contributed by atoms with Gasteiger partial charge in [-0.2, -0.15) is 50.8 Å². The normalized spacial score (nSPS) is 11.7. The fourth-order valence-corrected chi connectivity index (χ4v) is 15.1. The first-order chi connectivity index (χ1) is 64.3. The summed E-state index contributed by atoms with van der Waals surface area (Å²) in [7, 11) is 0. The van der Waals surface area contributed by atoms with Gasteiger partial charge in [-0.3, -0.25) is 9.97 Å². The van der Waals surface area contributed by atoms with E-state index in [0.29, 0.717) is 5.56 Å². The smallest absolute Gasteiger partial charge is 0.500 e. The fourth-order valence-electron chi connectivity index (χ4n) is 13.9. The number of hydrogen-bond donors (Lipinski definition) is 0. The van der Waals surface area contributed by atoms with Gasteiger partial charge < -0.3 is 29.7 Å². The Morgan fingerprint density at radius 2 is 0.922 bits per heavy atom. The summed E-state index contributed by atoms with van der Waals surface area (Å²) in [5.74, 6) is 0.737. The molecule has 128 heavy (non-hydrogen) atoms. The first-order valence-electron chi connectivity index (χ1n) is 43.9. The third-order valence-corrected chi connectivity index (χ3v) is 21.2. The van der Waals surface area contributed by atoms with E-state index in [9.17, 15) is 0 Å². The maximum atomic E-state index is 7.97. The molecule has 12 aromatic carbocycles. The number of nitrogens with zero attached hydrogens (tertiary/aromatic N) is 10. The number of rotatable bonds is 9. The topological polar surface area (TPSA) is 91.6 Å². The monoisotopic (exact) mass is 2390 g/mol. The van der Waals surface area contributed by atoms with E-state index in [2.05, 4.69) is 216 Å². The maximum Gasteiger partial charge on any atom is 3.00 e. The largest absolute Gasteiger partial charge is 3.00 e. The number of para-hydroxylation sites is 2. The van der Waals surface area contributed by atoms with Gasteiger partial charge >= 0.3 is 20.1 Å². The Bertz CT molecular complexity index is 7040. The average molecular weight is 2390 g/mol. The molecule has 20 aromatic rings. The van der Waals surface area contributed by atoms with Crippen molar-refractivity contribution in [2.24, 2.45) is 0 Å². The molecule has 0 fully saturated rings. The zero-order valence-electron chi connectivity index (χ0n) is 76.4. The van der Waals surface area contributed by atoms with Gasteiger partial charge in [0.15, 0.2) is 25.5 Å². The summed E-state index contributed by atoms with van der Waals surface area (Å²) >= 11 is 1.81. The molecule has 15 heteroatoms. The van der Waals surface area contributed by atoms with Crippen molar-refractivity contribution in [2.45, 2.75) is 26.9 Å². The molecule has 0 unspecified atom stereocenters. The minimum Gasteiger partial charge on any atom is -0.500 e. The van der Waals surface area contributed by atoms with Crippen molar-refractivity contribution in [3.63, 3.8) is 0 Å². The van der Waals surface area contributed by atoms with Crippen LogP contribution in [0.2, 0.25) is 0 Å². The molecule has 0 spiro atoms. The molecule has 3 aliphatic heterocycles. The quantitative estimate of drug-likeness (QED) is 0.104. The summed E-state index contributed by atoms with van der Waals surface area (Å²) in [6, 6.07) is 136. The number of anilines is 2. The molecule has 23 rings (SSSR count). The summed E-state index contributed by atoms with van der Waals surface area (Å²) in [5.41, 5.74) is 23.5. The number of aryl methyl sites for hydroxylation is 2. The van der Waals surface area contributed by atoms with E-state index < -0.39 is 0 Å². The van der Waals surface area contributed by atoms with Crippen LogP contribution in [0.15, 0.2) is 450 Å². The predicted molar refractivity (Wildman–Crippen MR) is 506 cm³/mol. The first kappa shape index (κ1) is 84.3. The van der Waals surface area contributed by atoms with E-state index in [-0.39, 0.29) is 141 Å². The number of thiophene rings is 1. The average Bonchev–Trinajstić information content (AvgIpc) is 1.58. The Hall–Kier alpha value is -13.2. The minimum atomic E-state index is -0.344. The summed E-state index contributed by atoms with van der Waals surface area (Å²) in [6.07, 6.45) is 16.7. The Labute approximate surface area is 818 Å². The SMILES string of the molecule is Cc1cc(-c2[c-]cccc2)ncc1-c1ccccc1.Cc1ccnc(-c2[c-]cccc2)n1.[2H]c1c[n+]2c(c([2H])c1[2H])-c1c([2H])c([2H])c([2H])c([2H])c1C2.[Ir+3].[Ir].[Ir].[Ir].[c-]1ccc2c(sc3ccccc32)c1-c1ccccn1.[c-]1ccccc1-c1ccccn1.[c-]1ccccc1-c1ccccn1.[c-]1ccccc1N1C=CN(c2ccccc2)[CH-]1.c1ccc(-c2ccc3c(c2)-c2cccc[n+]2C3)cc1. The van der Waals surface area contributed by atoms with Crippen LogP contribution in [0.1, 0.15) is 32.0 Å². The molecular weight excluding hydrogens is 2300 g/mol. The Morgan fingerprint density at radius 1 is 0.375 bits per heavy atom. The number of hydrogen-bond acceptors (Lipinski definition) is 9. The van der Waals surface area contributed by atoms with Crippen LogP contribution >= 0.6 is 11.3 Å². The molecule has 0 bridgehead atoms. The van der Waals surface area contributed by atoms with Crippen LogP contribution in [-0.4, -0.2) is 29.9 Å². The molecule has 8 aromatic heterocycles. The Morgan fingerprint density at radius 3 is 1.54 bits per heavy atom. The minimum absolute atomic E-state index is 0. The van der Waals surface area contributed by atoms with Crippen molar-refractivity contribution in [3.8, 4) is 101 Å². The van der Waals surface area contributed by atoms with E-state index in [1.54, 1.807) is 23.2 Å². The van der Waals surface area contributed by atoms with E-state index in [4.69, 9.17) is 9.60 Å². The predicted octanol–water partition coefficient (Wildman–Crippen LogP) is 25.9. The molecule has 0 saturated carbocycles. The Balaban J connectivity index is 0.000000139. The van der Waals surface area contributed by atoms with E-state index in [0.717, 1.165) is 80.0 Å². The zero-order chi connectivity index (χ0) is 90.2. The van der Waals surface area contributed by atoms with Gasteiger partial charge in [0.05, 0.1) is 26.5 Å². The number of pyridine rings is 6. The van der Waals surface area contributed by atoms with Crippen LogP contribution in [-0.2, 0) is 93.5 Å². The van der Waals surface area contributed by atoms with Crippen molar-refractivity contribution >= 4 is 42.9 Å². The van der Waals surface area contributed by atoms with Crippen LogP contribution in [0.3, 0.4) is 0 Å². The Kier molecular flexibility index (Phi) is 31.9. The van der Waals surface area contributed by atoms with Crippen LogP contribution in [0.25, 0.3) is 121 Å². The van der Waals surface area contributed by atoms with Crippen molar-refractivity contribution in [3.05, 3.63) is 515 Å². The van der Waals surface area contributed by atoms with Crippen LogP contribution in [0, 0.1) is 56.9 Å². The molecule has 0 saturated heterocycles. The van der Waals surface area contributed by atoms with Gasteiger partial charge in [0.25, 0.3) is 0 Å². The molecule has 631 valence electrons. The molecule has 0 amide bonds. The second-order valence-electron chi connectivity index (χ2n) is 28.3. The van der Waals surface area contributed by atoms with Gasteiger partial charge in [-0.25, -0.2) is 0 Å². The molecule has 0 N–H and O–H groups in total. The van der Waals surface area contributed by atoms with Gasteiger partial charge in [-0.1, -0.05) is 175 Å². The van der Waals surface area contributed by atoms with E-state index in [1.807, 2.05) is 279 Å². The molecule has 0 aliphatic carbocycles. The molecule has 11 heterocycles. The van der Waals surface area contributed by atoms with Crippen molar-refractivity contribution in [1.29, 1.82) is 0 Å². The number of aromatic nitrogens is 8. The van der Waals surface area contributed by atoms with Crippen molar-refractivity contribution < 1.29 is 99.2 Å². The van der Waals surface area contributed by atoms with Gasteiger partial charge in [-0.15, -0.1) is 180 Å². The van der Waals surface area contributed by atoms with Crippen LogP contribution < -0.4 is 18.9 Å². The molecule has 10 nitrogen and oxygen atoms in total. The van der Waals surface area contributed by atoms with Gasteiger partial charge in [-0.05, 0) is 148 Å². The maximum absolute atomic E-state index is 7.97. The van der Waals surface area contributed by atoms with E-state index in [1.165, 1.54) is 71.0 Å². The standard InChI is InChI=1S/2C18H14N.C17H10NS.C15H12N2.C12H10N.C11H9N2.2C11H8N.4Ir/c1-2-6-14(7-3-1)15-9-10-16-13-19-11-5-4-8-18(19)17(16)12-15;1-14-12-18(16-10-6-3-7-11-16)19-13-17(14)15-8-4-2-5-9-15;1-2-10-16-12(6-1)13-7-5-8-14(17(13)19-16)15-9-3-4-11-18-15;1-3-7-14(8-4-1)16-11-12-17(13-16)15-9-5-2-6-10-15;1-2-6-11-10(5-1)9-13-8-4-3-7-12(11)13;1-9-7-8-12-11(13-9)10-5-3-2-4-6-10;2*1-2-6-10(7-3-1)11-8-4-5-9-12-11;;;;/h1-12H,13H2;2-10,12-13H,1H3;1-7,9-11H;1-9,11-13H;1-8H,9H2;2-5,7-8H,1H3;2*1-6,8-9H;;;;/q+1;2*-1;-2;+1;3*-1;;;;+3/i;;;;1D,2D,3D,4D,5D,6D,7D;;;;;;;. The zero-order valence-corrected chi connectivity index (χ0v) is 79.8. The third kappa shape index (κ3) is 24.9. The van der Waals surface area contributed by atoms with Crippen molar-refractivity contribution in [1.82, 2.24) is 29.9 Å². The second kappa shape index (κ2) is 48.5. The molecule has 3 radical (unpaired) electrons. The summed E-state index contributed by atoms with van der Waals surface area (Å²) < 4.78 is 61.0. The van der Waals surface area contributed by atoms with Gasteiger partial charge in [0.2, 0.25) is 11.4 Å². The molecular formula is C113H85Ir4N10S-2. The summed E-state index contributed by atoms with van der Waals surface area (Å²) in [6.45, 7) is 7.30. The second-order valence-corrected chi connectivity index (χ2v) is 29.4. The molecule has 0 atom stereocenters. The van der Waals surface area contributed by atoms with Crippen LogP contribution in [0.5, 0.6) is 0 Å². The number of fused-ring (bicyclic) bond motifs is 9. The van der Waals surface area contributed by atoms with Gasteiger partial charge in [0, 0.05) is 148 Å². The fraction of sp³-hybridized carbons (Fsp3) is 0.0354. The summed E-state index contributed by atoms with van der Waals surface area (Å²) in [4.78, 5) is 30.0. The van der Waals surface area contributed by atoms with Gasteiger partial charge in [0.1, 0.15) is 0 Å². The number of benzene rings is 12. The van der Waals surface area contributed by atoms with E-state index >= 15 is 0 Å². The first-order valence-corrected chi connectivity index (χ1v) is 41.2. The summed E-state index contributed by atoms with van der Waals surface area (Å²) in [5, 5.41) is 2.61. The van der Waals surface area contributed by atoms with Crippen molar-refractivity contribution in [2.75, 3.05) is 9.80 Å².